The Morgan fingerprint density at radius 3 is 2.82 bits per heavy atom. The summed E-state index contributed by atoms with van der Waals surface area (Å²) in [6.07, 6.45) is -0.329. The molecular weight excluding hydrogens is 214 g/mol. The summed E-state index contributed by atoms with van der Waals surface area (Å²) < 4.78 is 0. The molecule has 0 spiro atoms. The van der Waals surface area contributed by atoms with Crippen molar-refractivity contribution in [3.05, 3.63) is 29.6 Å². The van der Waals surface area contributed by atoms with Crippen LogP contribution in [0.5, 0.6) is 0 Å². The summed E-state index contributed by atoms with van der Waals surface area (Å²) in [5.74, 6) is 0. The highest BCUT2D eigenvalue weighted by Crippen LogP contribution is 2.04. The van der Waals surface area contributed by atoms with Crippen molar-refractivity contribution in [2.45, 2.75) is 26.5 Å². The molecule has 0 saturated carbocycles. The van der Waals surface area contributed by atoms with Gasteiger partial charge in [-0.05, 0) is 32.6 Å². The number of aliphatic hydroxyl groups excluding tert-OH is 1. The van der Waals surface area contributed by atoms with E-state index in [0.717, 1.165) is 24.5 Å². The maximum absolute atomic E-state index is 9.76. The standard InChI is InChI=1S/C13H23N3O/c1-4-16(10-13(17)8-14-3)9-12-7-5-6-11(2)15-12/h5-7,13-14,17H,4,8-10H2,1-3H3. The number of aliphatic hydroxyl groups is 1. The van der Waals surface area contributed by atoms with E-state index in [2.05, 4.69) is 22.1 Å². The predicted molar refractivity (Wildman–Crippen MR) is 69.9 cm³/mol. The Labute approximate surface area is 104 Å². The first-order chi connectivity index (χ1) is 8.15. The molecule has 2 N–H and O–H groups in total. The van der Waals surface area contributed by atoms with E-state index < -0.39 is 0 Å². The number of aromatic nitrogens is 1. The Bertz CT molecular complexity index is 330. The molecule has 1 atom stereocenters. The monoisotopic (exact) mass is 237 g/mol. The van der Waals surface area contributed by atoms with E-state index in [-0.39, 0.29) is 6.10 Å². The van der Waals surface area contributed by atoms with Gasteiger partial charge in [0.25, 0.3) is 0 Å². The van der Waals surface area contributed by atoms with Crippen molar-refractivity contribution in [2.75, 3.05) is 26.7 Å². The first-order valence-electron chi connectivity index (χ1n) is 6.13. The number of hydrogen-bond donors (Lipinski definition) is 2. The molecule has 96 valence electrons. The summed E-state index contributed by atoms with van der Waals surface area (Å²) in [5.41, 5.74) is 2.10. The lowest BCUT2D eigenvalue weighted by Gasteiger charge is -2.23. The van der Waals surface area contributed by atoms with E-state index in [4.69, 9.17) is 0 Å². The summed E-state index contributed by atoms with van der Waals surface area (Å²) in [6.45, 7) is 7.09. The third-order valence-corrected chi connectivity index (χ3v) is 2.69. The Balaban J connectivity index is 2.51. The summed E-state index contributed by atoms with van der Waals surface area (Å²) in [6, 6.07) is 6.05. The Kier molecular flexibility index (Phi) is 6.11. The van der Waals surface area contributed by atoms with Crippen LogP contribution in [0.25, 0.3) is 0 Å². The second-order valence-electron chi connectivity index (χ2n) is 4.31. The molecule has 0 saturated heterocycles. The van der Waals surface area contributed by atoms with Crippen LogP contribution >= 0.6 is 0 Å². The van der Waals surface area contributed by atoms with Gasteiger partial charge in [-0.25, -0.2) is 0 Å². The second-order valence-corrected chi connectivity index (χ2v) is 4.31. The summed E-state index contributed by atoms with van der Waals surface area (Å²) in [4.78, 5) is 6.67. The minimum atomic E-state index is -0.329. The van der Waals surface area contributed by atoms with Crippen LogP contribution in [0, 0.1) is 6.92 Å². The Morgan fingerprint density at radius 1 is 1.47 bits per heavy atom. The predicted octanol–water partition coefficient (Wildman–Crippen LogP) is 0.792. The van der Waals surface area contributed by atoms with Gasteiger partial charge in [-0.15, -0.1) is 0 Å². The lowest BCUT2D eigenvalue weighted by Crippen LogP contribution is -2.37. The largest absolute Gasteiger partial charge is 0.390 e. The molecule has 1 aromatic rings. The van der Waals surface area contributed by atoms with E-state index in [1.165, 1.54) is 0 Å². The SMILES string of the molecule is CCN(Cc1cccc(C)n1)CC(O)CNC. The summed E-state index contributed by atoms with van der Waals surface area (Å²) >= 11 is 0. The van der Waals surface area contributed by atoms with Crippen molar-refractivity contribution < 1.29 is 5.11 Å². The first kappa shape index (κ1) is 14.1. The van der Waals surface area contributed by atoms with Crippen LogP contribution in [0.4, 0.5) is 0 Å². The van der Waals surface area contributed by atoms with Crippen LogP contribution < -0.4 is 5.32 Å². The van der Waals surface area contributed by atoms with Gasteiger partial charge >= 0.3 is 0 Å². The maximum atomic E-state index is 9.76. The minimum Gasteiger partial charge on any atom is -0.390 e. The van der Waals surface area contributed by atoms with E-state index in [9.17, 15) is 5.11 Å². The molecule has 4 nitrogen and oxygen atoms in total. The van der Waals surface area contributed by atoms with Crippen molar-refractivity contribution in [3.8, 4) is 0 Å². The molecule has 0 aliphatic rings. The molecule has 0 aliphatic heterocycles. The molecule has 1 unspecified atom stereocenters. The fraction of sp³-hybridized carbons (Fsp3) is 0.615. The molecule has 0 fully saturated rings. The van der Waals surface area contributed by atoms with E-state index in [0.29, 0.717) is 13.1 Å². The van der Waals surface area contributed by atoms with Crippen molar-refractivity contribution in [1.82, 2.24) is 15.2 Å². The number of rotatable bonds is 7. The van der Waals surface area contributed by atoms with Crippen LogP contribution in [-0.4, -0.2) is 47.8 Å². The van der Waals surface area contributed by atoms with Crippen LogP contribution in [0.2, 0.25) is 0 Å². The topological polar surface area (TPSA) is 48.4 Å². The quantitative estimate of drug-likeness (QED) is 0.736. The van der Waals surface area contributed by atoms with Crippen molar-refractivity contribution in [3.63, 3.8) is 0 Å². The van der Waals surface area contributed by atoms with E-state index in [1.54, 1.807) is 0 Å². The normalized spacial score (nSPS) is 13.0. The highest BCUT2D eigenvalue weighted by Gasteiger charge is 2.10. The second kappa shape index (κ2) is 7.37. The zero-order chi connectivity index (χ0) is 12.7. The average Bonchev–Trinajstić information content (AvgIpc) is 2.28. The first-order valence-corrected chi connectivity index (χ1v) is 6.13. The minimum absolute atomic E-state index is 0.329. The third kappa shape index (κ3) is 5.26. The molecule has 0 aliphatic carbocycles. The number of aryl methyl sites for hydroxylation is 1. The maximum Gasteiger partial charge on any atom is 0.0791 e. The Hall–Kier alpha value is -0.970. The smallest absolute Gasteiger partial charge is 0.0791 e. The zero-order valence-corrected chi connectivity index (χ0v) is 11.0. The lowest BCUT2D eigenvalue weighted by atomic mass is 10.2. The number of pyridine rings is 1. The number of likely N-dealkylation sites (N-methyl/N-ethyl adjacent to an activating group) is 2. The van der Waals surface area contributed by atoms with Crippen LogP contribution in [-0.2, 0) is 6.54 Å². The van der Waals surface area contributed by atoms with Gasteiger partial charge in [0.2, 0.25) is 0 Å². The molecule has 4 heteroatoms. The van der Waals surface area contributed by atoms with Crippen molar-refractivity contribution >= 4 is 0 Å². The van der Waals surface area contributed by atoms with Crippen LogP contribution in [0.1, 0.15) is 18.3 Å². The van der Waals surface area contributed by atoms with Crippen molar-refractivity contribution in [1.29, 1.82) is 0 Å². The lowest BCUT2D eigenvalue weighted by molar-refractivity contribution is 0.111. The van der Waals surface area contributed by atoms with Gasteiger partial charge in [-0.2, -0.15) is 0 Å². The Morgan fingerprint density at radius 2 is 2.24 bits per heavy atom. The molecule has 1 rings (SSSR count). The van der Waals surface area contributed by atoms with Gasteiger partial charge < -0.3 is 10.4 Å². The highest BCUT2D eigenvalue weighted by molar-refractivity contribution is 5.09. The van der Waals surface area contributed by atoms with Crippen molar-refractivity contribution in [2.24, 2.45) is 0 Å². The average molecular weight is 237 g/mol. The zero-order valence-electron chi connectivity index (χ0n) is 11.0. The van der Waals surface area contributed by atoms with E-state index in [1.807, 2.05) is 32.2 Å². The van der Waals surface area contributed by atoms with Gasteiger partial charge in [0.05, 0.1) is 11.8 Å². The summed E-state index contributed by atoms with van der Waals surface area (Å²) in [7, 11) is 1.85. The molecular formula is C13H23N3O. The van der Waals surface area contributed by atoms with Gasteiger partial charge in [0, 0.05) is 25.3 Å². The highest BCUT2D eigenvalue weighted by atomic mass is 16.3. The van der Waals surface area contributed by atoms with Crippen LogP contribution in [0.15, 0.2) is 18.2 Å². The molecule has 1 heterocycles. The van der Waals surface area contributed by atoms with Gasteiger partial charge in [-0.1, -0.05) is 13.0 Å². The fourth-order valence-corrected chi connectivity index (χ4v) is 1.82. The van der Waals surface area contributed by atoms with Gasteiger partial charge in [0.15, 0.2) is 0 Å². The van der Waals surface area contributed by atoms with Gasteiger partial charge in [0.1, 0.15) is 0 Å². The number of nitrogens with zero attached hydrogens (tertiary/aromatic N) is 2. The number of nitrogens with one attached hydrogen (secondary N) is 1. The molecule has 0 aromatic carbocycles. The summed E-state index contributed by atoms with van der Waals surface area (Å²) in [5, 5.41) is 12.7. The molecule has 0 radical (unpaired) electrons. The third-order valence-electron chi connectivity index (χ3n) is 2.69. The fourth-order valence-electron chi connectivity index (χ4n) is 1.82. The van der Waals surface area contributed by atoms with E-state index >= 15 is 0 Å². The van der Waals surface area contributed by atoms with Crippen LogP contribution in [0.3, 0.4) is 0 Å². The molecule has 0 amide bonds. The number of hydrogen-bond acceptors (Lipinski definition) is 4. The molecule has 1 aromatic heterocycles. The molecule has 17 heavy (non-hydrogen) atoms. The van der Waals surface area contributed by atoms with Gasteiger partial charge in [-0.3, -0.25) is 9.88 Å². The molecule has 0 bridgehead atoms.